The highest BCUT2D eigenvalue weighted by Gasteiger charge is 2.14. The molecule has 27 heavy (non-hydrogen) atoms. The number of carbonyl (C=O) groups is 2. The summed E-state index contributed by atoms with van der Waals surface area (Å²) in [5, 5.41) is 18.4. The summed E-state index contributed by atoms with van der Waals surface area (Å²) < 4.78 is 5.00. The number of fused-ring (bicyclic) bond motifs is 1. The SMILES string of the molecule is O=C(COC(=O)Cn1nnc(-c2ccsc2)n1)Nc1ccc2c(c1)CCC2. The van der Waals surface area contributed by atoms with Gasteiger partial charge in [-0.1, -0.05) is 6.07 Å². The van der Waals surface area contributed by atoms with E-state index in [1.165, 1.54) is 22.5 Å². The minimum atomic E-state index is -0.603. The summed E-state index contributed by atoms with van der Waals surface area (Å²) in [7, 11) is 0. The third-order valence-electron chi connectivity index (χ3n) is 4.25. The second-order valence-corrected chi connectivity index (χ2v) is 6.98. The number of ether oxygens (including phenoxy) is 1. The average molecular weight is 383 g/mol. The number of tetrazole rings is 1. The van der Waals surface area contributed by atoms with Gasteiger partial charge in [-0.2, -0.15) is 16.1 Å². The molecule has 0 atom stereocenters. The van der Waals surface area contributed by atoms with Gasteiger partial charge >= 0.3 is 5.97 Å². The van der Waals surface area contributed by atoms with E-state index in [0.717, 1.165) is 35.3 Å². The van der Waals surface area contributed by atoms with E-state index < -0.39 is 5.97 Å². The monoisotopic (exact) mass is 383 g/mol. The van der Waals surface area contributed by atoms with Crippen molar-refractivity contribution in [2.45, 2.75) is 25.8 Å². The van der Waals surface area contributed by atoms with Crippen molar-refractivity contribution in [3.63, 3.8) is 0 Å². The van der Waals surface area contributed by atoms with Crippen molar-refractivity contribution in [3.05, 3.63) is 46.2 Å². The number of nitrogens with one attached hydrogen (secondary N) is 1. The lowest BCUT2D eigenvalue weighted by molar-refractivity contribution is -0.148. The van der Waals surface area contributed by atoms with Gasteiger partial charge in [0.1, 0.15) is 0 Å². The minimum Gasteiger partial charge on any atom is -0.454 e. The largest absolute Gasteiger partial charge is 0.454 e. The number of hydrogen-bond acceptors (Lipinski definition) is 7. The first-order valence-electron chi connectivity index (χ1n) is 8.55. The van der Waals surface area contributed by atoms with Gasteiger partial charge in [0.25, 0.3) is 5.91 Å². The summed E-state index contributed by atoms with van der Waals surface area (Å²) in [4.78, 5) is 25.0. The first kappa shape index (κ1) is 17.3. The second-order valence-electron chi connectivity index (χ2n) is 6.20. The standard InChI is InChI=1S/C18H17N5O3S/c24-16(19-15-5-4-12-2-1-3-13(12)8-15)10-26-17(25)9-23-21-18(20-22-23)14-6-7-27-11-14/h4-8,11H,1-3,9-10H2,(H,19,24). The van der Waals surface area contributed by atoms with Crippen LogP contribution in [0.5, 0.6) is 0 Å². The van der Waals surface area contributed by atoms with Crippen LogP contribution in [-0.2, 0) is 33.7 Å². The maximum atomic E-state index is 12.0. The molecule has 2 aromatic heterocycles. The Morgan fingerprint density at radius 3 is 2.96 bits per heavy atom. The van der Waals surface area contributed by atoms with Crippen molar-refractivity contribution in [3.8, 4) is 11.4 Å². The zero-order chi connectivity index (χ0) is 18.6. The molecule has 1 aromatic carbocycles. The molecule has 0 aliphatic heterocycles. The quantitative estimate of drug-likeness (QED) is 0.654. The van der Waals surface area contributed by atoms with E-state index in [1.54, 1.807) is 0 Å². The summed E-state index contributed by atoms with van der Waals surface area (Å²) >= 11 is 1.52. The number of nitrogens with zero attached hydrogens (tertiary/aromatic N) is 4. The Kier molecular flexibility index (Phi) is 4.93. The first-order valence-corrected chi connectivity index (χ1v) is 9.49. The maximum absolute atomic E-state index is 12.0. The van der Waals surface area contributed by atoms with Gasteiger partial charge in [-0.3, -0.25) is 4.79 Å². The molecular weight excluding hydrogens is 366 g/mol. The minimum absolute atomic E-state index is 0.205. The highest BCUT2D eigenvalue weighted by Crippen LogP contribution is 2.24. The van der Waals surface area contributed by atoms with Gasteiger partial charge in [0, 0.05) is 16.6 Å². The van der Waals surface area contributed by atoms with E-state index in [4.69, 9.17) is 4.74 Å². The van der Waals surface area contributed by atoms with Crippen LogP contribution in [0.4, 0.5) is 5.69 Å². The Bertz CT molecular complexity index is 967. The number of hydrogen-bond donors (Lipinski definition) is 1. The molecule has 0 saturated carbocycles. The van der Waals surface area contributed by atoms with Gasteiger partial charge in [-0.15, -0.1) is 10.2 Å². The number of anilines is 1. The fourth-order valence-electron chi connectivity index (χ4n) is 2.97. The molecule has 3 aromatic rings. The average Bonchev–Trinajstić information content (AvgIpc) is 3.40. The molecule has 8 nitrogen and oxygen atoms in total. The Balaban J connectivity index is 1.26. The van der Waals surface area contributed by atoms with Crippen LogP contribution in [0.2, 0.25) is 0 Å². The second kappa shape index (κ2) is 7.67. The van der Waals surface area contributed by atoms with Gasteiger partial charge in [0.2, 0.25) is 5.82 Å². The molecule has 1 aliphatic rings. The maximum Gasteiger partial charge on any atom is 0.330 e. The van der Waals surface area contributed by atoms with Crippen LogP contribution in [0.1, 0.15) is 17.5 Å². The van der Waals surface area contributed by atoms with Gasteiger partial charge < -0.3 is 10.1 Å². The fraction of sp³-hybridized carbons (Fsp3) is 0.278. The molecule has 4 rings (SSSR count). The van der Waals surface area contributed by atoms with Crippen LogP contribution in [0.25, 0.3) is 11.4 Å². The number of amides is 1. The van der Waals surface area contributed by atoms with Crippen molar-refractivity contribution >= 4 is 28.9 Å². The number of aryl methyl sites for hydroxylation is 2. The van der Waals surface area contributed by atoms with Crippen LogP contribution in [-0.4, -0.2) is 38.7 Å². The molecular formula is C18H17N5O3S. The molecule has 2 heterocycles. The Labute approximate surface area is 159 Å². The number of carbonyl (C=O) groups excluding carboxylic acids is 2. The summed E-state index contributed by atoms with van der Waals surface area (Å²) in [5.74, 6) is -0.543. The van der Waals surface area contributed by atoms with Crippen molar-refractivity contribution in [2.24, 2.45) is 0 Å². The normalized spacial score (nSPS) is 12.6. The number of aromatic nitrogens is 4. The Morgan fingerprint density at radius 2 is 2.11 bits per heavy atom. The van der Waals surface area contributed by atoms with E-state index >= 15 is 0 Å². The van der Waals surface area contributed by atoms with Crippen LogP contribution in [0.15, 0.2) is 35.0 Å². The van der Waals surface area contributed by atoms with Crippen LogP contribution < -0.4 is 5.32 Å². The smallest absolute Gasteiger partial charge is 0.330 e. The third-order valence-corrected chi connectivity index (χ3v) is 4.93. The van der Waals surface area contributed by atoms with Crippen LogP contribution >= 0.6 is 11.3 Å². The number of rotatable bonds is 6. The van der Waals surface area contributed by atoms with Crippen molar-refractivity contribution in [1.82, 2.24) is 20.2 Å². The molecule has 0 unspecified atom stereocenters. The lowest BCUT2D eigenvalue weighted by atomic mass is 10.1. The molecule has 0 fully saturated rings. The predicted molar refractivity (Wildman–Crippen MR) is 99.2 cm³/mol. The van der Waals surface area contributed by atoms with E-state index in [0.29, 0.717) is 5.82 Å². The molecule has 0 bridgehead atoms. The number of esters is 1. The molecule has 0 radical (unpaired) electrons. The highest BCUT2D eigenvalue weighted by atomic mass is 32.1. The highest BCUT2D eigenvalue weighted by molar-refractivity contribution is 7.08. The van der Waals surface area contributed by atoms with Gasteiger partial charge in [-0.25, -0.2) is 4.79 Å². The Hall–Kier alpha value is -3.07. The third kappa shape index (κ3) is 4.20. The van der Waals surface area contributed by atoms with Crippen LogP contribution in [0.3, 0.4) is 0 Å². The molecule has 0 spiro atoms. The van der Waals surface area contributed by atoms with Gasteiger partial charge in [0.05, 0.1) is 0 Å². The lowest BCUT2D eigenvalue weighted by Crippen LogP contribution is -2.23. The van der Waals surface area contributed by atoms with E-state index in [-0.39, 0.29) is 19.1 Å². The van der Waals surface area contributed by atoms with Crippen molar-refractivity contribution < 1.29 is 14.3 Å². The molecule has 1 N–H and O–H groups in total. The molecule has 138 valence electrons. The van der Waals surface area contributed by atoms with Gasteiger partial charge in [0.15, 0.2) is 13.2 Å². The summed E-state index contributed by atoms with van der Waals surface area (Å²) in [6.07, 6.45) is 3.27. The summed E-state index contributed by atoms with van der Waals surface area (Å²) in [5.41, 5.74) is 4.16. The summed E-state index contributed by atoms with van der Waals surface area (Å²) in [6.45, 7) is -0.564. The molecule has 9 heteroatoms. The lowest BCUT2D eigenvalue weighted by Gasteiger charge is -2.08. The van der Waals surface area contributed by atoms with Crippen molar-refractivity contribution in [1.29, 1.82) is 0 Å². The van der Waals surface area contributed by atoms with Gasteiger partial charge in [-0.05, 0) is 59.2 Å². The van der Waals surface area contributed by atoms with E-state index in [9.17, 15) is 9.59 Å². The zero-order valence-corrected chi connectivity index (χ0v) is 15.2. The van der Waals surface area contributed by atoms with E-state index in [2.05, 4.69) is 20.7 Å². The summed E-state index contributed by atoms with van der Waals surface area (Å²) in [6, 6.07) is 7.75. The Morgan fingerprint density at radius 1 is 1.22 bits per heavy atom. The van der Waals surface area contributed by atoms with Crippen LogP contribution in [0, 0.1) is 0 Å². The fourth-order valence-corrected chi connectivity index (χ4v) is 3.61. The van der Waals surface area contributed by atoms with Crippen molar-refractivity contribution in [2.75, 3.05) is 11.9 Å². The number of thiophene rings is 1. The molecule has 0 saturated heterocycles. The molecule has 1 aliphatic carbocycles. The van der Waals surface area contributed by atoms with E-state index in [1.807, 2.05) is 35.0 Å². The topological polar surface area (TPSA) is 99.0 Å². The number of benzene rings is 1. The predicted octanol–water partition coefficient (Wildman–Crippen LogP) is 2.07. The molecule has 1 amide bonds. The zero-order valence-electron chi connectivity index (χ0n) is 14.4. The first-order chi connectivity index (χ1) is 13.2.